The second-order valence-electron chi connectivity index (χ2n) is 7.50. The Hall–Kier alpha value is -2.70. The number of benzene rings is 1. The molecule has 0 fully saturated rings. The summed E-state index contributed by atoms with van der Waals surface area (Å²) in [7, 11) is 3.19. The predicted octanol–water partition coefficient (Wildman–Crippen LogP) is 3.35. The quantitative estimate of drug-likeness (QED) is 0.882. The van der Waals surface area contributed by atoms with Crippen LogP contribution in [0.1, 0.15) is 30.7 Å². The Bertz CT molecular complexity index is 813. The van der Waals surface area contributed by atoms with E-state index in [1.807, 2.05) is 17.9 Å². The van der Waals surface area contributed by atoms with E-state index in [1.54, 1.807) is 26.5 Å². The van der Waals surface area contributed by atoms with Crippen molar-refractivity contribution in [2.75, 3.05) is 26.1 Å². The Morgan fingerprint density at radius 2 is 2.08 bits per heavy atom. The lowest BCUT2D eigenvalue weighted by molar-refractivity contribution is 0.180. The number of urea groups is 1. The highest BCUT2D eigenvalue weighted by Crippen LogP contribution is 2.33. The van der Waals surface area contributed by atoms with Gasteiger partial charge in [-0.15, -0.1) is 0 Å². The van der Waals surface area contributed by atoms with Gasteiger partial charge in [0.15, 0.2) is 0 Å². The molecule has 1 aliphatic rings. The van der Waals surface area contributed by atoms with E-state index < -0.39 is 0 Å². The first-order chi connectivity index (χ1) is 12.3. The number of fused-ring (bicyclic) bond motifs is 1. The average molecular weight is 358 g/mol. The van der Waals surface area contributed by atoms with Gasteiger partial charge in [-0.05, 0) is 18.8 Å². The van der Waals surface area contributed by atoms with Gasteiger partial charge in [0.25, 0.3) is 0 Å². The van der Waals surface area contributed by atoms with Gasteiger partial charge in [0.1, 0.15) is 11.5 Å². The number of carbonyl (C=O) groups is 1. The summed E-state index contributed by atoms with van der Waals surface area (Å²) in [5.74, 6) is 1.31. The minimum absolute atomic E-state index is 0.0454. The number of ether oxygens (including phenoxy) is 2. The van der Waals surface area contributed by atoms with Gasteiger partial charge in [0.05, 0.1) is 32.6 Å². The van der Waals surface area contributed by atoms with Crippen LogP contribution in [0, 0.1) is 12.3 Å². The van der Waals surface area contributed by atoms with Crippen molar-refractivity contribution in [3.63, 3.8) is 0 Å². The summed E-state index contributed by atoms with van der Waals surface area (Å²) < 4.78 is 10.7. The lowest BCUT2D eigenvalue weighted by Crippen LogP contribution is -2.40. The largest absolute Gasteiger partial charge is 0.497 e. The highest BCUT2D eigenvalue weighted by Gasteiger charge is 2.31. The first-order valence-electron chi connectivity index (χ1n) is 8.62. The van der Waals surface area contributed by atoms with Gasteiger partial charge in [-0.3, -0.25) is 5.10 Å². The number of nitrogens with zero attached hydrogens (tertiary/aromatic N) is 2. The molecule has 2 heterocycles. The van der Waals surface area contributed by atoms with Crippen LogP contribution >= 0.6 is 0 Å². The molecule has 1 aromatic heterocycles. The fourth-order valence-electron chi connectivity index (χ4n) is 3.40. The highest BCUT2D eigenvalue weighted by molar-refractivity contribution is 5.91. The molecule has 2 N–H and O–H groups in total. The van der Waals surface area contributed by atoms with Gasteiger partial charge in [-0.25, -0.2) is 4.79 Å². The average Bonchev–Trinajstić information content (AvgIpc) is 2.96. The van der Waals surface area contributed by atoms with E-state index in [0.717, 1.165) is 23.2 Å². The number of rotatable bonds is 3. The maximum absolute atomic E-state index is 13.0. The lowest BCUT2D eigenvalue weighted by Gasteiger charge is -2.30. The summed E-state index contributed by atoms with van der Waals surface area (Å²) in [5, 5.41) is 10.2. The maximum Gasteiger partial charge on any atom is 0.322 e. The van der Waals surface area contributed by atoms with Crippen molar-refractivity contribution in [2.45, 2.75) is 33.7 Å². The third kappa shape index (κ3) is 3.61. The molecule has 7 heteroatoms. The molecular formula is C19H26N4O3. The van der Waals surface area contributed by atoms with Crippen LogP contribution in [0.15, 0.2) is 18.3 Å². The Labute approximate surface area is 153 Å². The predicted molar refractivity (Wildman–Crippen MR) is 99.8 cm³/mol. The number of nitrogens with one attached hydrogen (secondary N) is 2. The summed E-state index contributed by atoms with van der Waals surface area (Å²) >= 11 is 0. The topological polar surface area (TPSA) is 79.5 Å². The number of hydrogen-bond acceptors (Lipinski definition) is 4. The van der Waals surface area contributed by atoms with E-state index in [-0.39, 0.29) is 11.4 Å². The van der Waals surface area contributed by atoms with Crippen molar-refractivity contribution in [3.05, 3.63) is 35.2 Å². The standard InChI is InChI=1S/C19H26N4O3/c1-12-15(6-14(25-4)7-17(12)26-5)21-18(24)23-10-13-9-20-22-16(13)8-19(2,3)11-23/h6-7,9H,8,10-11H2,1-5H3,(H,20,22)(H,21,24). The molecule has 140 valence electrons. The van der Waals surface area contributed by atoms with Crippen LogP contribution in [-0.4, -0.2) is 41.9 Å². The molecule has 0 unspecified atom stereocenters. The Morgan fingerprint density at radius 1 is 1.31 bits per heavy atom. The van der Waals surface area contributed by atoms with E-state index >= 15 is 0 Å². The fraction of sp³-hybridized carbons (Fsp3) is 0.474. The maximum atomic E-state index is 13.0. The molecule has 3 rings (SSSR count). The molecule has 26 heavy (non-hydrogen) atoms. The van der Waals surface area contributed by atoms with E-state index in [0.29, 0.717) is 30.3 Å². The van der Waals surface area contributed by atoms with Crippen LogP contribution in [0.25, 0.3) is 0 Å². The van der Waals surface area contributed by atoms with Crippen LogP contribution in [0.5, 0.6) is 11.5 Å². The van der Waals surface area contributed by atoms with Gasteiger partial charge in [0, 0.05) is 35.5 Å². The molecule has 7 nitrogen and oxygen atoms in total. The van der Waals surface area contributed by atoms with Crippen LogP contribution in [0.2, 0.25) is 0 Å². The first-order valence-corrected chi connectivity index (χ1v) is 8.62. The monoisotopic (exact) mass is 358 g/mol. The Morgan fingerprint density at radius 3 is 2.77 bits per heavy atom. The minimum Gasteiger partial charge on any atom is -0.497 e. The van der Waals surface area contributed by atoms with Gasteiger partial charge in [0.2, 0.25) is 0 Å². The number of amides is 2. The van der Waals surface area contributed by atoms with Gasteiger partial charge >= 0.3 is 6.03 Å². The second kappa shape index (κ2) is 6.90. The third-order valence-corrected chi connectivity index (χ3v) is 4.76. The first kappa shape index (κ1) is 18.1. The number of H-pyrrole nitrogens is 1. The summed E-state index contributed by atoms with van der Waals surface area (Å²) in [6, 6.07) is 3.46. The van der Waals surface area contributed by atoms with Crippen LogP contribution in [0.3, 0.4) is 0 Å². The van der Waals surface area contributed by atoms with Crippen molar-refractivity contribution in [1.82, 2.24) is 15.1 Å². The molecule has 2 aromatic rings. The molecule has 0 radical (unpaired) electrons. The molecule has 1 aliphatic heterocycles. The van der Waals surface area contributed by atoms with Crippen molar-refractivity contribution < 1.29 is 14.3 Å². The number of aromatic nitrogens is 2. The van der Waals surface area contributed by atoms with Crippen LogP contribution in [-0.2, 0) is 13.0 Å². The van der Waals surface area contributed by atoms with Crippen LogP contribution in [0.4, 0.5) is 10.5 Å². The highest BCUT2D eigenvalue weighted by atomic mass is 16.5. The molecule has 2 amide bonds. The Kier molecular flexibility index (Phi) is 4.80. The third-order valence-electron chi connectivity index (χ3n) is 4.76. The summed E-state index contributed by atoms with van der Waals surface area (Å²) in [5.41, 5.74) is 3.66. The van der Waals surface area contributed by atoms with E-state index in [1.165, 1.54) is 0 Å². The normalized spacial score (nSPS) is 15.8. The molecule has 0 aliphatic carbocycles. The minimum atomic E-state index is -0.148. The smallest absolute Gasteiger partial charge is 0.322 e. The van der Waals surface area contributed by atoms with E-state index in [4.69, 9.17) is 9.47 Å². The zero-order valence-electron chi connectivity index (χ0n) is 16.0. The zero-order valence-corrected chi connectivity index (χ0v) is 16.0. The SMILES string of the molecule is COc1cc(NC(=O)N2Cc3cn[nH]c3CC(C)(C)C2)c(C)c(OC)c1. The van der Waals surface area contributed by atoms with E-state index in [2.05, 4.69) is 29.4 Å². The van der Waals surface area contributed by atoms with Crippen molar-refractivity contribution in [3.8, 4) is 11.5 Å². The zero-order chi connectivity index (χ0) is 18.9. The second-order valence-corrected chi connectivity index (χ2v) is 7.50. The van der Waals surface area contributed by atoms with Gasteiger partial charge in [-0.2, -0.15) is 5.10 Å². The van der Waals surface area contributed by atoms with Crippen molar-refractivity contribution in [1.29, 1.82) is 0 Å². The molecule has 0 atom stereocenters. The van der Waals surface area contributed by atoms with E-state index in [9.17, 15) is 4.79 Å². The van der Waals surface area contributed by atoms with Gasteiger partial charge in [-0.1, -0.05) is 13.8 Å². The molecular weight excluding hydrogens is 332 g/mol. The van der Waals surface area contributed by atoms with Crippen LogP contribution < -0.4 is 14.8 Å². The van der Waals surface area contributed by atoms with Gasteiger partial charge < -0.3 is 19.7 Å². The number of hydrogen-bond donors (Lipinski definition) is 2. The number of methoxy groups -OCH3 is 2. The molecule has 1 aromatic carbocycles. The summed E-state index contributed by atoms with van der Waals surface area (Å²) in [4.78, 5) is 14.8. The molecule has 0 saturated heterocycles. The number of carbonyl (C=O) groups excluding carboxylic acids is 1. The molecule has 0 spiro atoms. The lowest BCUT2D eigenvalue weighted by atomic mass is 9.88. The number of anilines is 1. The molecule has 0 bridgehead atoms. The van der Waals surface area contributed by atoms with Crippen molar-refractivity contribution in [2.24, 2.45) is 5.41 Å². The fourth-order valence-corrected chi connectivity index (χ4v) is 3.40. The summed E-state index contributed by atoms with van der Waals surface area (Å²) in [6.45, 7) is 7.41. The van der Waals surface area contributed by atoms with Crippen molar-refractivity contribution >= 4 is 11.7 Å². The number of aromatic amines is 1. The Balaban J connectivity index is 1.86. The molecule has 0 saturated carbocycles. The summed E-state index contributed by atoms with van der Waals surface area (Å²) in [6.07, 6.45) is 2.66.